The van der Waals surface area contributed by atoms with Gasteiger partial charge in [0.2, 0.25) is 0 Å². The van der Waals surface area contributed by atoms with Crippen molar-refractivity contribution in [2.75, 3.05) is 45.8 Å². The van der Waals surface area contributed by atoms with Crippen molar-refractivity contribution in [2.24, 2.45) is 0 Å². The number of likely N-dealkylation sites (tertiary alicyclic amines) is 1. The van der Waals surface area contributed by atoms with Crippen molar-refractivity contribution in [3.8, 4) is 0 Å². The highest BCUT2D eigenvalue weighted by Crippen LogP contribution is 2.21. The molecule has 0 aromatic heterocycles. The number of rotatable bonds is 4. The van der Waals surface area contributed by atoms with Gasteiger partial charge in [-0.1, -0.05) is 37.3 Å². The molecule has 2 heterocycles. The van der Waals surface area contributed by atoms with Crippen LogP contribution in [-0.4, -0.2) is 61.7 Å². The fourth-order valence-electron chi connectivity index (χ4n) is 3.60. The van der Waals surface area contributed by atoms with Gasteiger partial charge in [0.05, 0.1) is 0 Å². The summed E-state index contributed by atoms with van der Waals surface area (Å²) in [4.78, 5) is 5.34. The molecule has 2 fully saturated rings. The molecule has 0 amide bonds. The highest BCUT2D eigenvalue weighted by molar-refractivity contribution is 5.19. The first-order valence-electron chi connectivity index (χ1n) is 8.05. The van der Waals surface area contributed by atoms with E-state index in [1.165, 1.54) is 44.7 Å². The molecule has 110 valence electrons. The number of nitrogens with one attached hydrogen (secondary N) is 1. The largest absolute Gasteiger partial charge is 0.314 e. The molecule has 3 nitrogen and oxygen atoms in total. The van der Waals surface area contributed by atoms with Crippen LogP contribution in [0.15, 0.2) is 30.3 Å². The molecule has 3 heteroatoms. The van der Waals surface area contributed by atoms with Gasteiger partial charge in [0.15, 0.2) is 0 Å². The smallest absolute Gasteiger partial charge is 0.0236 e. The minimum atomic E-state index is 0.637. The molecule has 1 N–H and O–H groups in total. The van der Waals surface area contributed by atoms with Crippen molar-refractivity contribution in [1.29, 1.82) is 0 Å². The summed E-state index contributed by atoms with van der Waals surface area (Å²) < 4.78 is 0. The number of benzene rings is 1. The lowest BCUT2D eigenvalue weighted by molar-refractivity contribution is 0.170. The molecule has 1 aromatic carbocycles. The summed E-state index contributed by atoms with van der Waals surface area (Å²) in [7, 11) is 0. The van der Waals surface area contributed by atoms with E-state index in [4.69, 9.17) is 0 Å². The van der Waals surface area contributed by atoms with Crippen LogP contribution in [0.3, 0.4) is 0 Å². The Morgan fingerprint density at radius 2 is 1.90 bits per heavy atom. The van der Waals surface area contributed by atoms with Crippen molar-refractivity contribution in [2.45, 2.75) is 25.3 Å². The molecule has 0 radical (unpaired) electrons. The summed E-state index contributed by atoms with van der Waals surface area (Å²) >= 11 is 0. The molecule has 20 heavy (non-hydrogen) atoms. The van der Waals surface area contributed by atoms with Gasteiger partial charge in [-0.05, 0) is 24.4 Å². The quantitative estimate of drug-likeness (QED) is 0.902. The second-order valence-corrected chi connectivity index (χ2v) is 6.30. The van der Waals surface area contributed by atoms with E-state index in [2.05, 4.69) is 52.4 Å². The maximum atomic E-state index is 3.45. The Hall–Kier alpha value is -0.900. The zero-order valence-corrected chi connectivity index (χ0v) is 12.6. The summed E-state index contributed by atoms with van der Waals surface area (Å²) in [6.07, 6.45) is 1.35. The third-order valence-corrected chi connectivity index (χ3v) is 4.82. The summed E-state index contributed by atoms with van der Waals surface area (Å²) in [5.74, 6) is 0.637. The van der Waals surface area contributed by atoms with Crippen LogP contribution >= 0.6 is 0 Å². The van der Waals surface area contributed by atoms with Crippen molar-refractivity contribution in [3.63, 3.8) is 0 Å². The van der Waals surface area contributed by atoms with Gasteiger partial charge in [0.25, 0.3) is 0 Å². The van der Waals surface area contributed by atoms with Crippen molar-refractivity contribution >= 4 is 0 Å². The SMILES string of the molecule is CC(CN1CCC(N2CCNCC2)C1)c1ccccc1. The molecule has 0 bridgehead atoms. The Bertz CT molecular complexity index is 400. The van der Waals surface area contributed by atoms with Crippen LogP contribution in [0.1, 0.15) is 24.8 Å². The maximum Gasteiger partial charge on any atom is 0.0236 e. The highest BCUT2D eigenvalue weighted by atomic mass is 15.3. The Morgan fingerprint density at radius 3 is 2.65 bits per heavy atom. The van der Waals surface area contributed by atoms with Crippen molar-refractivity contribution in [3.05, 3.63) is 35.9 Å². The van der Waals surface area contributed by atoms with Gasteiger partial charge in [-0.3, -0.25) is 4.90 Å². The average Bonchev–Trinajstić information content (AvgIpc) is 2.97. The lowest BCUT2D eigenvalue weighted by Gasteiger charge is -2.33. The van der Waals surface area contributed by atoms with E-state index in [1.54, 1.807) is 0 Å². The molecule has 2 atom stereocenters. The van der Waals surface area contributed by atoms with Crippen molar-refractivity contribution in [1.82, 2.24) is 15.1 Å². The van der Waals surface area contributed by atoms with Gasteiger partial charge in [0.1, 0.15) is 0 Å². The maximum absolute atomic E-state index is 3.45. The predicted octanol–water partition coefficient (Wildman–Crippen LogP) is 1.77. The Labute approximate surface area is 123 Å². The molecule has 2 aliphatic heterocycles. The lowest BCUT2D eigenvalue weighted by Crippen LogP contribution is -2.49. The van der Waals surface area contributed by atoms with Gasteiger partial charge in [-0.15, -0.1) is 0 Å². The topological polar surface area (TPSA) is 18.5 Å². The second-order valence-electron chi connectivity index (χ2n) is 6.30. The zero-order chi connectivity index (χ0) is 13.8. The van der Waals surface area contributed by atoms with Crippen LogP contribution in [0.4, 0.5) is 0 Å². The van der Waals surface area contributed by atoms with Crippen molar-refractivity contribution < 1.29 is 0 Å². The highest BCUT2D eigenvalue weighted by Gasteiger charge is 2.28. The minimum absolute atomic E-state index is 0.637. The van der Waals surface area contributed by atoms with Crippen LogP contribution in [0.2, 0.25) is 0 Å². The molecule has 2 aliphatic rings. The van der Waals surface area contributed by atoms with E-state index in [0.29, 0.717) is 5.92 Å². The Balaban J connectivity index is 1.50. The lowest BCUT2D eigenvalue weighted by atomic mass is 10.0. The van der Waals surface area contributed by atoms with Crippen LogP contribution in [0.5, 0.6) is 0 Å². The van der Waals surface area contributed by atoms with E-state index in [9.17, 15) is 0 Å². The number of nitrogens with zero attached hydrogens (tertiary/aromatic N) is 2. The molecular formula is C17H27N3. The standard InChI is InChI=1S/C17H27N3/c1-15(16-5-3-2-4-6-16)13-19-10-7-17(14-19)20-11-8-18-9-12-20/h2-6,15,17-18H,7-14H2,1H3. The number of hydrogen-bond acceptors (Lipinski definition) is 3. The summed E-state index contributed by atoms with van der Waals surface area (Å²) in [5.41, 5.74) is 1.47. The zero-order valence-electron chi connectivity index (χ0n) is 12.6. The molecule has 1 aromatic rings. The fourth-order valence-corrected chi connectivity index (χ4v) is 3.60. The fraction of sp³-hybridized carbons (Fsp3) is 0.647. The number of hydrogen-bond donors (Lipinski definition) is 1. The first-order valence-corrected chi connectivity index (χ1v) is 8.05. The molecule has 2 unspecified atom stereocenters. The predicted molar refractivity (Wildman–Crippen MR) is 84.1 cm³/mol. The third kappa shape index (κ3) is 3.40. The molecular weight excluding hydrogens is 246 g/mol. The first kappa shape index (κ1) is 14.1. The van der Waals surface area contributed by atoms with E-state index in [0.717, 1.165) is 19.1 Å². The van der Waals surface area contributed by atoms with Crippen LogP contribution in [-0.2, 0) is 0 Å². The van der Waals surface area contributed by atoms with Gasteiger partial charge in [-0.2, -0.15) is 0 Å². The van der Waals surface area contributed by atoms with Gasteiger partial charge < -0.3 is 10.2 Å². The van der Waals surface area contributed by atoms with Gasteiger partial charge in [-0.25, -0.2) is 0 Å². The second kappa shape index (κ2) is 6.70. The van der Waals surface area contributed by atoms with Crippen LogP contribution in [0, 0.1) is 0 Å². The first-order chi connectivity index (χ1) is 9.83. The van der Waals surface area contributed by atoms with Crippen LogP contribution in [0.25, 0.3) is 0 Å². The average molecular weight is 273 g/mol. The number of piperazine rings is 1. The van der Waals surface area contributed by atoms with Gasteiger partial charge in [0, 0.05) is 45.3 Å². The van der Waals surface area contributed by atoms with E-state index in [1.807, 2.05) is 0 Å². The monoisotopic (exact) mass is 273 g/mol. The molecule has 2 saturated heterocycles. The molecule has 0 spiro atoms. The third-order valence-electron chi connectivity index (χ3n) is 4.82. The van der Waals surface area contributed by atoms with Crippen LogP contribution < -0.4 is 5.32 Å². The molecule has 0 saturated carbocycles. The molecule has 3 rings (SSSR count). The normalized spacial score (nSPS) is 26.8. The molecule has 0 aliphatic carbocycles. The summed E-state index contributed by atoms with van der Waals surface area (Å²) in [6, 6.07) is 11.7. The van der Waals surface area contributed by atoms with Gasteiger partial charge >= 0.3 is 0 Å². The summed E-state index contributed by atoms with van der Waals surface area (Å²) in [5, 5.41) is 3.45. The minimum Gasteiger partial charge on any atom is -0.314 e. The summed E-state index contributed by atoms with van der Waals surface area (Å²) in [6.45, 7) is 10.9. The van der Waals surface area contributed by atoms with E-state index >= 15 is 0 Å². The Kier molecular flexibility index (Phi) is 4.71. The van der Waals surface area contributed by atoms with E-state index < -0.39 is 0 Å². The Morgan fingerprint density at radius 1 is 1.15 bits per heavy atom. The van der Waals surface area contributed by atoms with E-state index in [-0.39, 0.29) is 0 Å².